The molecule has 3 fully saturated rings. The third-order valence-electron chi connectivity index (χ3n) is 13.1. The molecule has 0 saturated heterocycles. The molecule has 0 aromatic rings. The summed E-state index contributed by atoms with van der Waals surface area (Å²) in [5.74, 6) is 5.50. The van der Waals surface area contributed by atoms with E-state index < -0.39 is 0 Å². The number of hydrogen-bond donors (Lipinski definition) is 0. The van der Waals surface area contributed by atoms with E-state index in [1.165, 1.54) is 83.5 Å². The molecule has 4 rings (SSSR count). The molecule has 9 atom stereocenters. The number of ether oxygens (including phenoxy) is 1. The van der Waals surface area contributed by atoms with Crippen molar-refractivity contribution in [2.45, 2.75) is 164 Å². The molecule has 0 aromatic heterocycles. The minimum atomic E-state index is 0.0512. The quantitative estimate of drug-likeness (QED) is 0.119. The number of rotatable bonds is 14. The zero-order valence-electron chi connectivity index (χ0n) is 28.2. The van der Waals surface area contributed by atoms with Gasteiger partial charge in [-0.1, -0.05) is 117 Å². The maximum atomic E-state index is 12.7. The van der Waals surface area contributed by atoms with Crippen molar-refractivity contribution in [1.29, 1.82) is 0 Å². The minimum Gasteiger partial charge on any atom is -0.462 e. The molecule has 0 heterocycles. The van der Waals surface area contributed by atoms with E-state index in [9.17, 15) is 4.79 Å². The summed E-state index contributed by atoms with van der Waals surface area (Å²) in [4.78, 5) is 12.7. The van der Waals surface area contributed by atoms with Gasteiger partial charge in [0.15, 0.2) is 0 Å². The lowest BCUT2D eigenvalue weighted by Gasteiger charge is -2.58. The fourth-order valence-corrected chi connectivity index (χ4v) is 9.99. The SMILES string of the molecule is CCCCCCCCCCC(=O)OC1CCC2(C)C(=CCC3C2CCC2(C)C(C(C)/C=C/C(C)C(C)C)CCC32)C1. The van der Waals surface area contributed by atoms with Gasteiger partial charge in [0.1, 0.15) is 6.10 Å². The van der Waals surface area contributed by atoms with Crippen LogP contribution in [0.15, 0.2) is 23.8 Å². The van der Waals surface area contributed by atoms with Crippen LogP contribution in [0.4, 0.5) is 0 Å². The topological polar surface area (TPSA) is 26.3 Å². The Bertz CT molecular complexity index is 899. The minimum absolute atomic E-state index is 0.0512. The lowest BCUT2D eigenvalue weighted by molar-refractivity contribution is -0.151. The molecule has 0 bridgehead atoms. The predicted octanol–water partition coefficient (Wildman–Crippen LogP) is 11.5. The summed E-state index contributed by atoms with van der Waals surface area (Å²) in [5.41, 5.74) is 2.45. The third-order valence-corrected chi connectivity index (χ3v) is 13.1. The Balaban J connectivity index is 1.29. The number of hydrogen-bond acceptors (Lipinski definition) is 2. The van der Waals surface area contributed by atoms with Gasteiger partial charge in [-0.15, -0.1) is 0 Å². The smallest absolute Gasteiger partial charge is 0.306 e. The number of unbranched alkanes of at least 4 members (excludes halogenated alkanes) is 7. The van der Waals surface area contributed by atoms with E-state index in [1.807, 2.05) is 0 Å². The highest BCUT2D eigenvalue weighted by molar-refractivity contribution is 5.69. The van der Waals surface area contributed by atoms with E-state index in [1.54, 1.807) is 5.57 Å². The van der Waals surface area contributed by atoms with Crippen LogP contribution in [0.3, 0.4) is 0 Å². The van der Waals surface area contributed by atoms with Gasteiger partial charge in [0.05, 0.1) is 0 Å². The Hall–Kier alpha value is -1.05. The summed E-state index contributed by atoms with van der Waals surface area (Å²) < 4.78 is 6.07. The van der Waals surface area contributed by atoms with Crippen LogP contribution in [0.5, 0.6) is 0 Å². The molecule has 4 aliphatic carbocycles. The number of allylic oxidation sites excluding steroid dienone is 3. The molecule has 9 unspecified atom stereocenters. The van der Waals surface area contributed by atoms with Crippen LogP contribution in [0, 0.1) is 52.3 Å². The van der Waals surface area contributed by atoms with Gasteiger partial charge in [0.2, 0.25) is 0 Å². The van der Waals surface area contributed by atoms with Crippen molar-refractivity contribution >= 4 is 5.97 Å². The predicted molar refractivity (Wildman–Crippen MR) is 175 cm³/mol. The zero-order valence-corrected chi connectivity index (χ0v) is 28.2. The molecule has 4 aliphatic rings. The van der Waals surface area contributed by atoms with Crippen LogP contribution in [0.1, 0.15) is 158 Å². The summed E-state index contributed by atoms with van der Waals surface area (Å²) in [6.07, 6.45) is 28.7. The molecule has 234 valence electrons. The van der Waals surface area contributed by atoms with Crippen molar-refractivity contribution in [2.24, 2.45) is 52.3 Å². The Morgan fingerprint density at radius 1 is 0.902 bits per heavy atom. The highest BCUT2D eigenvalue weighted by Gasteiger charge is 2.59. The first kappa shape index (κ1) is 32.9. The van der Waals surface area contributed by atoms with Gasteiger partial charge in [-0.25, -0.2) is 0 Å². The number of carbonyl (C=O) groups excluding carboxylic acids is 1. The fraction of sp³-hybridized carbons (Fsp3) is 0.872. The van der Waals surface area contributed by atoms with Crippen molar-refractivity contribution in [3.8, 4) is 0 Å². The zero-order chi connectivity index (χ0) is 29.6. The summed E-state index contributed by atoms with van der Waals surface area (Å²) >= 11 is 0. The van der Waals surface area contributed by atoms with Gasteiger partial charge < -0.3 is 4.74 Å². The van der Waals surface area contributed by atoms with Crippen molar-refractivity contribution in [1.82, 2.24) is 0 Å². The van der Waals surface area contributed by atoms with Crippen LogP contribution in [-0.2, 0) is 9.53 Å². The summed E-state index contributed by atoms with van der Waals surface area (Å²) in [6.45, 7) is 17.1. The first-order valence-corrected chi connectivity index (χ1v) is 18.2. The monoisotopic (exact) mass is 567 g/mol. The Labute approximate surface area is 254 Å². The van der Waals surface area contributed by atoms with Crippen LogP contribution in [0.2, 0.25) is 0 Å². The molecule has 3 saturated carbocycles. The van der Waals surface area contributed by atoms with E-state index in [0.29, 0.717) is 29.1 Å². The molecule has 41 heavy (non-hydrogen) atoms. The normalized spacial score (nSPS) is 36.4. The highest BCUT2D eigenvalue weighted by Crippen LogP contribution is 2.67. The Morgan fingerprint density at radius 2 is 1.61 bits per heavy atom. The van der Waals surface area contributed by atoms with Crippen molar-refractivity contribution in [2.75, 3.05) is 0 Å². The van der Waals surface area contributed by atoms with E-state index in [2.05, 4.69) is 66.7 Å². The van der Waals surface area contributed by atoms with Crippen LogP contribution in [0.25, 0.3) is 0 Å². The standard InChI is InChI=1S/C39H66O2/c1-8-9-10-11-12-13-14-15-16-37(40)41-32-23-25-38(6)31(27-32)19-20-33-35-22-21-34(39(35,7)26-24-36(33)38)30(5)18-17-29(4)28(2)3/h17-19,28-30,32-36H,8-16,20-27H2,1-7H3/b18-17+. The van der Waals surface area contributed by atoms with Gasteiger partial charge in [0, 0.05) is 12.8 Å². The maximum absolute atomic E-state index is 12.7. The first-order chi connectivity index (χ1) is 19.6. The van der Waals surface area contributed by atoms with E-state index in [-0.39, 0.29) is 12.1 Å². The van der Waals surface area contributed by atoms with Crippen LogP contribution < -0.4 is 0 Å². The second kappa shape index (κ2) is 14.6. The Morgan fingerprint density at radius 3 is 2.32 bits per heavy atom. The van der Waals surface area contributed by atoms with Gasteiger partial charge in [-0.2, -0.15) is 0 Å². The molecule has 0 radical (unpaired) electrons. The molecule has 0 aromatic carbocycles. The summed E-state index contributed by atoms with van der Waals surface area (Å²) in [6, 6.07) is 0. The lowest BCUT2D eigenvalue weighted by atomic mass is 9.47. The third kappa shape index (κ3) is 7.55. The summed E-state index contributed by atoms with van der Waals surface area (Å²) in [7, 11) is 0. The molecule has 2 heteroatoms. The maximum Gasteiger partial charge on any atom is 0.306 e. The number of fused-ring (bicyclic) bond motifs is 5. The Kier molecular flexibility index (Phi) is 11.7. The fourth-order valence-electron chi connectivity index (χ4n) is 9.99. The summed E-state index contributed by atoms with van der Waals surface area (Å²) in [5, 5.41) is 0. The molecular formula is C39H66O2. The number of carbonyl (C=O) groups is 1. The lowest BCUT2D eigenvalue weighted by Crippen LogP contribution is -2.51. The number of esters is 1. The first-order valence-electron chi connectivity index (χ1n) is 18.2. The van der Waals surface area contributed by atoms with Crippen molar-refractivity contribution in [3.63, 3.8) is 0 Å². The molecule has 2 nitrogen and oxygen atoms in total. The highest BCUT2D eigenvalue weighted by atomic mass is 16.5. The van der Waals surface area contributed by atoms with Crippen molar-refractivity contribution in [3.05, 3.63) is 23.8 Å². The molecular weight excluding hydrogens is 500 g/mol. The molecule has 0 aliphatic heterocycles. The molecule has 0 N–H and O–H groups in total. The van der Waals surface area contributed by atoms with Crippen LogP contribution in [-0.4, -0.2) is 12.1 Å². The van der Waals surface area contributed by atoms with Gasteiger partial charge >= 0.3 is 5.97 Å². The van der Waals surface area contributed by atoms with Crippen LogP contribution >= 0.6 is 0 Å². The molecule has 0 spiro atoms. The average molecular weight is 567 g/mol. The second-order valence-corrected chi connectivity index (χ2v) is 15.9. The van der Waals surface area contributed by atoms with Gasteiger partial charge in [-0.3, -0.25) is 4.79 Å². The van der Waals surface area contributed by atoms with Gasteiger partial charge in [-0.05, 0) is 104 Å². The van der Waals surface area contributed by atoms with E-state index in [0.717, 1.165) is 48.9 Å². The largest absolute Gasteiger partial charge is 0.462 e. The van der Waals surface area contributed by atoms with E-state index in [4.69, 9.17) is 4.74 Å². The second-order valence-electron chi connectivity index (χ2n) is 15.9. The molecule has 0 amide bonds. The average Bonchev–Trinajstić information content (AvgIpc) is 3.30. The van der Waals surface area contributed by atoms with Gasteiger partial charge in [0.25, 0.3) is 0 Å². The van der Waals surface area contributed by atoms with Crippen molar-refractivity contribution < 1.29 is 9.53 Å². The van der Waals surface area contributed by atoms with E-state index >= 15 is 0 Å².